The maximum Gasteiger partial charge on any atom is 0.224 e. The van der Waals surface area contributed by atoms with Gasteiger partial charge in [-0.15, -0.1) is 0 Å². The second kappa shape index (κ2) is 6.86. The highest BCUT2D eigenvalue weighted by Crippen LogP contribution is 2.21. The molecule has 2 heterocycles. The summed E-state index contributed by atoms with van der Waals surface area (Å²) >= 11 is 0. The molecule has 0 bridgehead atoms. The Morgan fingerprint density at radius 2 is 1.92 bits per heavy atom. The fourth-order valence-corrected chi connectivity index (χ4v) is 1.92. The van der Waals surface area contributed by atoms with E-state index in [2.05, 4.69) is 15.1 Å². The molecule has 7 heteroatoms. The second-order valence-electron chi connectivity index (χ2n) is 4.62. The highest BCUT2D eigenvalue weighted by atomic mass is 16.5. The van der Waals surface area contributed by atoms with Gasteiger partial charge in [0.15, 0.2) is 5.82 Å². The van der Waals surface area contributed by atoms with Gasteiger partial charge in [0.25, 0.3) is 0 Å². The van der Waals surface area contributed by atoms with Crippen LogP contribution < -0.4 is 4.74 Å². The first-order chi connectivity index (χ1) is 11.8. The van der Waals surface area contributed by atoms with Crippen molar-refractivity contribution >= 4 is 6.08 Å². The van der Waals surface area contributed by atoms with Crippen molar-refractivity contribution in [2.45, 2.75) is 0 Å². The molecule has 0 N–H and O–H groups in total. The average Bonchev–Trinajstić information content (AvgIpc) is 3.16. The van der Waals surface area contributed by atoms with Crippen LogP contribution in [0.2, 0.25) is 0 Å². The van der Waals surface area contributed by atoms with Gasteiger partial charge in [0.2, 0.25) is 5.88 Å². The number of allylic oxidation sites excluding steroid dienone is 1. The van der Waals surface area contributed by atoms with Crippen molar-refractivity contribution in [1.82, 2.24) is 19.7 Å². The van der Waals surface area contributed by atoms with Crippen LogP contribution in [0, 0.1) is 22.7 Å². The maximum atomic E-state index is 8.75. The molecular weight excluding hydrogens is 304 g/mol. The smallest absolute Gasteiger partial charge is 0.224 e. The number of hydrogen-bond donors (Lipinski definition) is 0. The number of aromatic nitrogens is 4. The molecule has 2 aromatic heterocycles. The van der Waals surface area contributed by atoms with Crippen LogP contribution in [0.3, 0.4) is 0 Å². The van der Waals surface area contributed by atoms with Crippen LogP contribution >= 0.6 is 0 Å². The fraction of sp³-hybridized carbons (Fsp3) is 0. The molecule has 0 aliphatic heterocycles. The lowest BCUT2D eigenvalue weighted by atomic mass is 10.1. The van der Waals surface area contributed by atoms with Gasteiger partial charge in [-0.1, -0.05) is 12.1 Å². The predicted octanol–water partition coefficient (Wildman–Crippen LogP) is 2.89. The molecule has 0 spiro atoms. The maximum absolute atomic E-state index is 8.75. The SMILES string of the molecule is N#CC(C#N)=Cc1ccc(Oc2cc(-n3cccn3)ncn2)cc1. The Morgan fingerprint density at radius 3 is 2.58 bits per heavy atom. The Kier molecular flexibility index (Phi) is 4.27. The van der Waals surface area contributed by atoms with E-state index in [1.165, 1.54) is 12.4 Å². The summed E-state index contributed by atoms with van der Waals surface area (Å²) in [6.07, 6.45) is 6.33. The Balaban J connectivity index is 1.78. The molecule has 0 amide bonds. The van der Waals surface area contributed by atoms with Crippen molar-refractivity contribution in [2.24, 2.45) is 0 Å². The molecule has 0 atom stereocenters. The van der Waals surface area contributed by atoms with Crippen LogP contribution in [-0.2, 0) is 0 Å². The van der Waals surface area contributed by atoms with Gasteiger partial charge in [-0.3, -0.25) is 0 Å². The number of nitriles is 2. The van der Waals surface area contributed by atoms with Gasteiger partial charge in [-0.05, 0) is 29.8 Å². The lowest BCUT2D eigenvalue weighted by molar-refractivity contribution is 0.460. The molecule has 1 aromatic carbocycles. The predicted molar refractivity (Wildman–Crippen MR) is 84.9 cm³/mol. The normalized spacial score (nSPS) is 9.58. The fourth-order valence-electron chi connectivity index (χ4n) is 1.92. The van der Waals surface area contributed by atoms with Crippen molar-refractivity contribution in [3.8, 4) is 29.6 Å². The monoisotopic (exact) mass is 314 g/mol. The van der Waals surface area contributed by atoms with Gasteiger partial charge < -0.3 is 4.74 Å². The van der Waals surface area contributed by atoms with Gasteiger partial charge >= 0.3 is 0 Å². The van der Waals surface area contributed by atoms with Crippen LogP contribution in [0.25, 0.3) is 11.9 Å². The lowest BCUT2D eigenvalue weighted by Crippen LogP contribution is -1.99. The molecule has 3 rings (SSSR count). The van der Waals surface area contributed by atoms with Crippen LogP contribution in [0.15, 0.2) is 60.7 Å². The number of rotatable bonds is 4. The first-order valence-electron chi connectivity index (χ1n) is 6.90. The summed E-state index contributed by atoms with van der Waals surface area (Å²) < 4.78 is 7.29. The van der Waals surface area contributed by atoms with E-state index in [0.717, 1.165) is 5.56 Å². The third kappa shape index (κ3) is 3.43. The minimum Gasteiger partial charge on any atom is -0.439 e. The number of hydrogen-bond acceptors (Lipinski definition) is 6. The number of nitrogens with zero attached hydrogens (tertiary/aromatic N) is 6. The Labute approximate surface area is 137 Å². The quantitative estimate of drug-likeness (QED) is 0.686. The first-order valence-corrected chi connectivity index (χ1v) is 6.90. The largest absolute Gasteiger partial charge is 0.439 e. The highest BCUT2D eigenvalue weighted by Gasteiger charge is 2.04. The molecule has 3 aromatic rings. The zero-order valence-electron chi connectivity index (χ0n) is 12.4. The molecule has 0 unspecified atom stereocenters. The van der Waals surface area contributed by atoms with E-state index in [9.17, 15) is 0 Å². The van der Waals surface area contributed by atoms with Crippen LogP contribution in [-0.4, -0.2) is 19.7 Å². The minimum atomic E-state index is 0.0448. The lowest BCUT2D eigenvalue weighted by Gasteiger charge is -2.06. The van der Waals surface area contributed by atoms with Crippen molar-refractivity contribution in [2.75, 3.05) is 0 Å². The van der Waals surface area contributed by atoms with Crippen LogP contribution in [0.4, 0.5) is 0 Å². The molecule has 7 nitrogen and oxygen atoms in total. The van der Waals surface area contributed by atoms with Gasteiger partial charge in [0.05, 0.1) is 0 Å². The van der Waals surface area contributed by atoms with Crippen molar-refractivity contribution in [3.63, 3.8) is 0 Å². The molecule has 0 aliphatic carbocycles. The Hall–Kier alpha value is -3.97. The second-order valence-corrected chi connectivity index (χ2v) is 4.62. The Morgan fingerprint density at radius 1 is 1.12 bits per heavy atom. The number of ether oxygens (including phenoxy) is 1. The molecule has 0 saturated carbocycles. The van der Waals surface area contributed by atoms with E-state index in [1.807, 2.05) is 12.1 Å². The molecular formula is C17H10N6O. The molecule has 0 aliphatic rings. The van der Waals surface area contributed by atoms with Crippen molar-refractivity contribution in [3.05, 3.63) is 66.3 Å². The first kappa shape index (κ1) is 14.9. The minimum absolute atomic E-state index is 0.0448. The van der Waals surface area contributed by atoms with Crippen molar-refractivity contribution < 1.29 is 4.74 Å². The zero-order valence-corrected chi connectivity index (χ0v) is 12.4. The van der Waals surface area contributed by atoms with E-state index in [1.54, 1.807) is 53.5 Å². The summed E-state index contributed by atoms with van der Waals surface area (Å²) in [6, 6.07) is 14.1. The summed E-state index contributed by atoms with van der Waals surface area (Å²) in [7, 11) is 0. The van der Waals surface area contributed by atoms with Crippen LogP contribution in [0.1, 0.15) is 5.56 Å². The van der Waals surface area contributed by atoms with Gasteiger partial charge in [0.1, 0.15) is 29.8 Å². The van der Waals surface area contributed by atoms with E-state index in [-0.39, 0.29) is 5.57 Å². The van der Waals surface area contributed by atoms with Gasteiger partial charge in [-0.2, -0.15) is 15.6 Å². The highest BCUT2D eigenvalue weighted by molar-refractivity contribution is 5.62. The molecule has 114 valence electrons. The third-order valence-electron chi connectivity index (χ3n) is 3.02. The topological polar surface area (TPSA) is 100 Å². The summed E-state index contributed by atoms with van der Waals surface area (Å²) in [5.41, 5.74) is 0.781. The van der Waals surface area contributed by atoms with Gasteiger partial charge in [-0.25, -0.2) is 14.6 Å². The Bertz CT molecular complexity index is 930. The van der Waals surface area contributed by atoms with Gasteiger partial charge in [0, 0.05) is 18.5 Å². The number of benzene rings is 1. The molecule has 0 fully saturated rings. The third-order valence-corrected chi connectivity index (χ3v) is 3.02. The van der Waals surface area contributed by atoms with E-state index < -0.39 is 0 Å². The summed E-state index contributed by atoms with van der Waals surface area (Å²) in [5.74, 6) is 1.55. The summed E-state index contributed by atoms with van der Waals surface area (Å²) in [4.78, 5) is 8.20. The zero-order chi connectivity index (χ0) is 16.8. The van der Waals surface area contributed by atoms with E-state index >= 15 is 0 Å². The molecule has 24 heavy (non-hydrogen) atoms. The summed E-state index contributed by atoms with van der Waals surface area (Å²) in [6.45, 7) is 0. The standard InChI is InChI=1S/C17H10N6O/c18-10-14(11-19)8-13-2-4-15(5-3-13)24-17-9-16(20-12-21-17)23-7-1-6-22-23/h1-9,12H. The van der Waals surface area contributed by atoms with Crippen LogP contribution in [0.5, 0.6) is 11.6 Å². The van der Waals surface area contributed by atoms with Crippen molar-refractivity contribution in [1.29, 1.82) is 10.5 Å². The molecule has 0 saturated heterocycles. The van der Waals surface area contributed by atoms with E-state index in [0.29, 0.717) is 17.4 Å². The molecule has 0 radical (unpaired) electrons. The summed E-state index contributed by atoms with van der Waals surface area (Å²) in [5, 5.41) is 21.6. The van der Waals surface area contributed by atoms with E-state index in [4.69, 9.17) is 15.3 Å². The average molecular weight is 314 g/mol.